The molecule has 0 aliphatic heterocycles. The zero-order valence-electron chi connectivity index (χ0n) is 14.9. The molecule has 1 amide bonds. The minimum Gasteiger partial charge on any atom is -0.334 e. The van der Waals surface area contributed by atoms with Crippen LogP contribution in [-0.2, 0) is 4.79 Å². The molecule has 0 saturated carbocycles. The van der Waals surface area contributed by atoms with E-state index in [-0.39, 0.29) is 23.4 Å². The van der Waals surface area contributed by atoms with Crippen LogP contribution < -0.4 is 16.0 Å². The van der Waals surface area contributed by atoms with Gasteiger partial charge in [-0.25, -0.2) is 4.98 Å². The van der Waals surface area contributed by atoms with Gasteiger partial charge in [-0.3, -0.25) is 14.9 Å². The number of nitrogens with one attached hydrogen (secondary N) is 3. The molecule has 1 aromatic heterocycles. The third-order valence-electron chi connectivity index (χ3n) is 3.61. The quantitative estimate of drug-likeness (QED) is 0.364. The molecule has 0 aliphatic carbocycles. The zero-order valence-corrected chi connectivity index (χ0v) is 16.5. The van der Waals surface area contributed by atoms with Gasteiger partial charge in [0.25, 0.3) is 0 Å². The van der Waals surface area contributed by atoms with Gasteiger partial charge in [-0.1, -0.05) is 23.2 Å². The second-order valence-electron chi connectivity index (χ2n) is 5.82. The SMILES string of the molecule is CC(=O)Nc1ccc(Nc2ncc([N+](=O)[O-])c(Nc3ccc(Cl)c(Cl)c3)n2)cc1. The molecular formula is C18H14Cl2N6O3. The van der Waals surface area contributed by atoms with E-state index in [1.54, 1.807) is 36.4 Å². The maximum Gasteiger partial charge on any atom is 0.329 e. The molecule has 148 valence electrons. The summed E-state index contributed by atoms with van der Waals surface area (Å²) in [5.41, 5.74) is 1.44. The molecule has 0 fully saturated rings. The van der Waals surface area contributed by atoms with E-state index in [0.717, 1.165) is 6.20 Å². The van der Waals surface area contributed by atoms with Gasteiger partial charge in [0.1, 0.15) is 6.20 Å². The molecule has 3 N–H and O–H groups in total. The summed E-state index contributed by atoms with van der Waals surface area (Å²) in [4.78, 5) is 30.0. The Kier molecular flexibility index (Phi) is 6.10. The van der Waals surface area contributed by atoms with Gasteiger partial charge >= 0.3 is 5.69 Å². The van der Waals surface area contributed by atoms with Crippen molar-refractivity contribution in [1.82, 2.24) is 9.97 Å². The number of hydrogen-bond acceptors (Lipinski definition) is 7. The largest absolute Gasteiger partial charge is 0.334 e. The summed E-state index contributed by atoms with van der Waals surface area (Å²) in [5, 5.41) is 20.4. The van der Waals surface area contributed by atoms with Gasteiger partial charge in [0, 0.05) is 24.0 Å². The highest BCUT2D eigenvalue weighted by Gasteiger charge is 2.18. The smallest absolute Gasteiger partial charge is 0.329 e. The Morgan fingerprint density at radius 1 is 1.00 bits per heavy atom. The van der Waals surface area contributed by atoms with Gasteiger partial charge < -0.3 is 16.0 Å². The maximum absolute atomic E-state index is 11.3. The standard InChI is InChI=1S/C18H14Cl2N6O3/c1-10(27)22-11-2-4-12(5-3-11)24-18-21-9-16(26(28)29)17(25-18)23-13-6-7-14(19)15(20)8-13/h2-9H,1H3,(H,22,27)(H2,21,23,24,25). The van der Waals surface area contributed by atoms with E-state index >= 15 is 0 Å². The topological polar surface area (TPSA) is 122 Å². The Labute approximate surface area is 175 Å². The molecule has 29 heavy (non-hydrogen) atoms. The molecule has 3 aromatic rings. The average molecular weight is 433 g/mol. The molecule has 0 bridgehead atoms. The Morgan fingerprint density at radius 2 is 1.66 bits per heavy atom. The highest BCUT2D eigenvalue weighted by Crippen LogP contribution is 2.30. The molecule has 0 radical (unpaired) electrons. The average Bonchev–Trinajstić information content (AvgIpc) is 2.66. The first-order chi connectivity index (χ1) is 13.8. The molecule has 11 heteroatoms. The summed E-state index contributed by atoms with van der Waals surface area (Å²) in [6.07, 6.45) is 1.10. The number of carbonyl (C=O) groups is 1. The van der Waals surface area contributed by atoms with Crippen LogP contribution in [-0.4, -0.2) is 20.8 Å². The lowest BCUT2D eigenvalue weighted by Gasteiger charge is -2.10. The van der Waals surface area contributed by atoms with E-state index in [1.807, 2.05) is 0 Å². The van der Waals surface area contributed by atoms with Crippen LogP contribution in [0.15, 0.2) is 48.7 Å². The van der Waals surface area contributed by atoms with Gasteiger partial charge in [-0.2, -0.15) is 4.98 Å². The molecule has 3 rings (SSSR count). The first kappa shape index (κ1) is 20.3. The van der Waals surface area contributed by atoms with Crippen LogP contribution in [0.2, 0.25) is 10.0 Å². The van der Waals surface area contributed by atoms with Crippen LogP contribution in [0.3, 0.4) is 0 Å². The van der Waals surface area contributed by atoms with Crippen molar-refractivity contribution in [3.8, 4) is 0 Å². The Morgan fingerprint density at radius 3 is 2.28 bits per heavy atom. The zero-order chi connectivity index (χ0) is 21.0. The molecule has 1 heterocycles. The second-order valence-corrected chi connectivity index (χ2v) is 6.64. The lowest BCUT2D eigenvalue weighted by Crippen LogP contribution is -2.06. The van der Waals surface area contributed by atoms with E-state index in [9.17, 15) is 14.9 Å². The van der Waals surface area contributed by atoms with E-state index < -0.39 is 4.92 Å². The summed E-state index contributed by atoms with van der Waals surface area (Å²) < 4.78 is 0. The normalized spacial score (nSPS) is 10.3. The molecule has 0 unspecified atom stereocenters. The number of aromatic nitrogens is 2. The molecule has 0 saturated heterocycles. The van der Waals surface area contributed by atoms with Crippen LogP contribution in [0.25, 0.3) is 0 Å². The van der Waals surface area contributed by atoms with Crippen molar-refractivity contribution in [2.24, 2.45) is 0 Å². The third kappa shape index (κ3) is 5.31. The number of nitro groups is 1. The molecule has 0 spiro atoms. The molecule has 9 nitrogen and oxygen atoms in total. The van der Waals surface area contributed by atoms with E-state index in [1.165, 1.54) is 13.0 Å². The van der Waals surface area contributed by atoms with Crippen molar-refractivity contribution in [3.63, 3.8) is 0 Å². The number of amides is 1. The van der Waals surface area contributed by atoms with Crippen LogP contribution in [0.4, 0.5) is 34.5 Å². The maximum atomic E-state index is 11.3. The van der Waals surface area contributed by atoms with E-state index in [4.69, 9.17) is 23.2 Å². The summed E-state index contributed by atoms with van der Waals surface area (Å²) >= 11 is 11.9. The Bertz CT molecular complexity index is 1080. The summed E-state index contributed by atoms with van der Waals surface area (Å²) in [7, 11) is 0. The highest BCUT2D eigenvalue weighted by atomic mass is 35.5. The fourth-order valence-electron chi connectivity index (χ4n) is 2.34. The monoisotopic (exact) mass is 432 g/mol. The number of anilines is 5. The number of carbonyl (C=O) groups excluding carboxylic acids is 1. The van der Waals surface area contributed by atoms with Crippen molar-refractivity contribution < 1.29 is 9.72 Å². The fraction of sp³-hybridized carbons (Fsp3) is 0.0556. The van der Waals surface area contributed by atoms with E-state index in [2.05, 4.69) is 25.9 Å². The predicted molar refractivity (Wildman–Crippen MR) is 112 cm³/mol. The molecule has 2 aromatic carbocycles. The van der Waals surface area contributed by atoms with Crippen molar-refractivity contribution in [2.75, 3.05) is 16.0 Å². The minimum absolute atomic E-state index is 0.0132. The fourth-order valence-corrected chi connectivity index (χ4v) is 2.64. The summed E-state index contributed by atoms with van der Waals surface area (Å²) in [6, 6.07) is 11.5. The third-order valence-corrected chi connectivity index (χ3v) is 4.35. The minimum atomic E-state index is -0.591. The van der Waals surface area contributed by atoms with Gasteiger partial charge in [0.15, 0.2) is 0 Å². The number of rotatable bonds is 6. The van der Waals surface area contributed by atoms with Gasteiger partial charge in [0.05, 0.1) is 15.0 Å². The number of halogens is 2. The van der Waals surface area contributed by atoms with Crippen molar-refractivity contribution in [1.29, 1.82) is 0 Å². The van der Waals surface area contributed by atoms with Gasteiger partial charge in [0.2, 0.25) is 17.7 Å². The number of benzene rings is 2. The van der Waals surface area contributed by atoms with Crippen molar-refractivity contribution in [3.05, 3.63) is 68.8 Å². The van der Waals surface area contributed by atoms with Crippen LogP contribution in [0.5, 0.6) is 0 Å². The van der Waals surface area contributed by atoms with Crippen molar-refractivity contribution in [2.45, 2.75) is 6.92 Å². The first-order valence-corrected chi connectivity index (χ1v) is 8.95. The van der Waals surface area contributed by atoms with Gasteiger partial charge in [-0.05, 0) is 42.5 Å². The van der Waals surface area contributed by atoms with Crippen LogP contribution in [0.1, 0.15) is 6.92 Å². The van der Waals surface area contributed by atoms with E-state index in [0.29, 0.717) is 27.1 Å². The second kappa shape index (κ2) is 8.72. The summed E-state index contributed by atoms with van der Waals surface area (Å²) in [5.74, 6) is -0.0476. The summed E-state index contributed by atoms with van der Waals surface area (Å²) in [6.45, 7) is 1.42. The first-order valence-electron chi connectivity index (χ1n) is 8.20. The number of nitrogens with zero attached hydrogens (tertiary/aromatic N) is 3. The lowest BCUT2D eigenvalue weighted by atomic mass is 10.3. The Balaban J connectivity index is 1.85. The van der Waals surface area contributed by atoms with Crippen LogP contribution >= 0.6 is 23.2 Å². The van der Waals surface area contributed by atoms with Gasteiger partial charge in [-0.15, -0.1) is 0 Å². The predicted octanol–water partition coefficient (Wildman–Crippen LogP) is 5.14. The van der Waals surface area contributed by atoms with Crippen molar-refractivity contribution >= 4 is 63.6 Å². The molecular weight excluding hydrogens is 419 g/mol. The van der Waals surface area contributed by atoms with Crippen LogP contribution in [0, 0.1) is 10.1 Å². The Hall–Kier alpha value is -3.43. The molecule has 0 aliphatic rings. The molecule has 0 atom stereocenters. The highest BCUT2D eigenvalue weighted by molar-refractivity contribution is 6.42. The number of hydrogen-bond donors (Lipinski definition) is 3. The lowest BCUT2D eigenvalue weighted by molar-refractivity contribution is -0.384.